The number of carbonyl (C=O) groups is 8. The minimum Gasteiger partial charge on any atom is -0.480 e. The molecule has 400 valence electrons. The summed E-state index contributed by atoms with van der Waals surface area (Å²) < 4.78 is 0. The summed E-state index contributed by atoms with van der Waals surface area (Å²) in [6.45, 7) is 4.34. The lowest BCUT2D eigenvalue weighted by atomic mass is 9.77. The summed E-state index contributed by atoms with van der Waals surface area (Å²) >= 11 is 0. The Morgan fingerprint density at radius 3 is 1.93 bits per heavy atom. The first kappa shape index (κ1) is 61.7. The molecule has 2 atom stereocenters. The maximum absolute atomic E-state index is 13.1. The van der Waals surface area contributed by atoms with Crippen molar-refractivity contribution in [2.45, 2.75) is 51.1 Å². The van der Waals surface area contributed by atoms with E-state index < -0.39 is 61.3 Å². The predicted octanol–water partition coefficient (Wildman–Crippen LogP) is -4.85. The van der Waals surface area contributed by atoms with Crippen LogP contribution in [-0.4, -0.2) is 251 Å². The van der Waals surface area contributed by atoms with E-state index in [0.717, 1.165) is 31.3 Å². The van der Waals surface area contributed by atoms with Crippen LogP contribution in [0.3, 0.4) is 0 Å². The lowest BCUT2D eigenvalue weighted by Gasteiger charge is -2.32. The standard InChI is InChI=1S/C39H57BN10O13.C4H11N3.CH4O/c51-19-18-46-10-12-47(14-15-49(26-37(59)60)17-16-48(13-11-46)25-36(57)58)24-34(55)43-21-33(54)41-8-2-1-6-32(53)45-30-5-3-4-28-29(7-9-42-38(28)30)39(61)44-22-35(56)50-23-27(52)20-31(50)40(62)63;1-2-3-7-4(5)6;1-2/h3-5,7,9,19,27,31,52,62-63H,1-2,6,8,10-18,20-26H2,(H,41,54)(H,43,55)(H,44,61)(H,45,53)(H,57,58)(H,59,60);2-3H2,1H3,(H4,5,6,7);2H,1H3. The molecule has 14 N–H and O–H groups in total. The highest BCUT2D eigenvalue weighted by Crippen LogP contribution is 2.25. The molecule has 3 heterocycles. The number of amides is 5. The SMILES string of the molecule is CCCN=C(N)N.CO.O=CCN1CCN(CC(=O)O)CCN(CC(=O)O)CCN(CC(=O)NCC(=O)NCCCCC(=O)Nc2cccc3c(C(=O)NCC(=O)N4CC(O)CC4B(O)O)ccnc23)CC1. The topological polar surface area (TPSA) is 400 Å². The molecule has 2 fully saturated rings. The molecule has 27 nitrogen and oxygen atoms in total. The molecule has 0 radical (unpaired) electrons. The van der Waals surface area contributed by atoms with Crippen LogP contribution in [0.1, 0.15) is 49.4 Å². The van der Waals surface area contributed by atoms with Crippen LogP contribution in [0.4, 0.5) is 5.69 Å². The Labute approximate surface area is 418 Å². The Balaban J connectivity index is 0.00000181. The molecule has 2 aliphatic rings. The van der Waals surface area contributed by atoms with E-state index in [1.165, 1.54) is 12.3 Å². The number of carboxylic acids is 2. The monoisotopic (exact) mass is 1020 g/mol. The molecule has 4 rings (SSSR count). The first-order valence-corrected chi connectivity index (χ1v) is 23.5. The van der Waals surface area contributed by atoms with E-state index in [1.807, 2.05) is 16.7 Å². The average Bonchev–Trinajstić information content (AvgIpc) is 3.75. The van der Waals surface area contributed by atoms with Gasteiger partial charge < -0.3 is 72.9 Å². The first-order chi connectivity index (χ1) is 34.4. The van der Waals surface area contributed by atoms with Gasteiger partial charge >= 0.3 is 19.1 Å². The maximum Gasteiger partial charge on any atom is 0.475 e. The molecule has 0 bridgehead atoms. The van der Waals surface area contributed by atoms with Gasteiger partial charge in [0, 0.05) is 97.1 Å². The molecule has 2 unspecified atom stereocenters. The minimum atomic E-state index is -1.84. The molecule has 2 saturated heterocycles. The number of likely N-dealkylation sites (tertiary alicyclic amines) is 1. The molecular formula is C44H72BN13O14. The molecule has 0 saturated carbocycles. The number of aldehydes is 1. The fourth-order valence-electron chi connectivity index (χ4n) is 7.56. The van der Waals surface area contributed by atoms with Gasteiger partial charge in [-0.1, -0.05) is 19.1 Å². The van der Waals surface area contributed by atoms with Crippen LogP contribution in [0.25, 0.3) is 10.9 Å². The van der Waals surface area contributed by atoms with Crippen molar-refractivity contribution in [1.82, 2.24) is 45.4 Å². The number of rotatable bonds is 22. The summed E-state index contributed by atoms with van der Waals surface area (Å²) in [6, 6.07) is 6.35. The van der Waals surface area contributed by atoms with E-state index in [1.54, 1.807) is 28.0 Å². The first-order valence-electron chi connectivity index (χ1n) is 23.5. The van der Waals surface area contributed by atoms with Crippen LogP contribution in [0.15, 0.2) is 35.5 Å². The molecule has 72 heavy (non-hydrogen) atoms. The predicted molar refractivity (Wildman–Crippen MR) is 265 cm³/mol. The number of carboxylic acid groups (broad SMARTS) is 2. The Bertz CT molecular complexity index is 2100. The number of hydrogen-bond acceptors (Lipinski definition) is 18. The van der Waals surface area contributed by atoms with Crippen LogP contribution in [0.5, 0.6) is 0 Å². The number of β-amino-alcohol motifs (C(OH)–C–C–N with tert-alkyl or cyclic N) is 1. The van der Waals surface area contributed by atoms with E-state index >= 15 is 0 Å². The molecule has 2 aliphatic heterocycles. The molecule has 0 spiro atoms. The van der Waals surface area contributed by atoms with Crippen molar-refractivity contribution >= 4 is 77.4 Å². The van der Waals surface area contributed by atoms with E-state index in [4.69, 9.17) is 16.6 Å². The molecule has 1 aromatic heterocycles. The molecule has 2 aromatic rings. The van der Waals surface area contributed by atoms with Crippen LogP contribution in [0, 0.1) is 0 Å². The van der Waals surface area contributed by atoms with Crippen molar-refractivity contribution in [3.63, 3.8) is 0 Å². The fraction of sp³-hybridized carbons (Fsp3) is 0.591. The Hall–Kier alpha value is -6.40. The number of benzene rings is 1. The van der Waals surface area contributed by atoms with E-state index in [-0.39, 0.29) is 89.2 Å². The number of aliphatic hydroxyl groups is 2. The zero-order chi connectivity index (χ0) is 53.6. The molecule has 28 heteroatoms. The van der Waals surface area contributed by atoms with Gasteiger partial charge in [0.25, 0.3) is 5.91 Å². The summed E-state index contributed by atoms with van der Waals surface area (Å²) in [5.41, 5.74) is 10.9. The van der Waals surface area contributed by atoms with Crippen molar-refractivity contribution in [3.8, 4) is 0 Å². The third-order valence-corrected chi connectivity index (χ3v) is 11.1. The Kier molecular flexibility index (Phi) is 29.2. The number of hydrogen-bond donors (Lipinski definition) is 12. The van der Waals surface area contributed by atoms with Gasteiger partial charge in [-0.25, -0.2) is 0 Å². The second-order valence-corrected chi connectivity index (χ2v) is 16.7. The maximum atomic E-state index is 13.1. The van der Waals surface area contributed by atoms with Gasteiger partial charge in [-0.3, -0.25) is 63.1 Å². The van der Waals surface area contributed by atoms with Crippen molar-refractivity contribution in [2.24, 2.45) is 16.5 Å². The third kappa shape index (κ3) is 23.7. The van der Waals surface area contributed by atoms with Gasteiger partial charge in [0.2, 0.25) is 23.6 Å². The Morgan fingerprint density at radius 1 is 0.792 bits per heavy atom. The number of aromatic nitrogens is 1. The summed E-state index contributed by atoms with van der Waals surface area (Å²) in [7, 11) is -0.843. The lowest BCUT2D eigenvalue weighted by molar-refractivity contribution is -0.140. The van der Waals surface area contributed by atoms with E-state index in [0.29, 0.717) is 68.7 Å². The number of para-hydroxylation sites is 1. The number of nitrogens with zero attached hydrogens (tertiary/aromatic N) is 7. The van der Waals surface area contributed by atoms with Gasteiger partial charge in [0.05, 0.1) is 68.1 Å². The molecule has 5 amide bonds. The highest BCUT2D eigenvalue weighted by molar-refractivity contribution is 6.43. The smallest absolute Gasteiger partial charge is 0.475 e. The quantitative estimate of drug-likeness (QED) is 0.0173. The number of carbonyl (C=O) groups excluding carboxylic acids is 6. The summed E-state index contributed by atoms with van der Waals surface area (Å²) in [5, 5.41) is 65.8. The largest absolute Gasteiger partial charge is 0.480 e. The van der Waals surface area contributed by atoms with E-state index in [2.05, 4.69) is 31.2 Å². The number of guanidine groups is 1. The van der Waals surface area contributed by atoms with Gasteiger partial charge in [0.1, 0.15) is 6.29 Å². The second-order valence-electron chi connectivity index (χ2n) is 16.7. The summed E-state index contributed by atoms with van der Waals surface area (Å²) in [6.07, 6.45) is 3.17. The van der Waals surface area contributed by atoms with Gasteiger partial charge in [-0.2, -0.15) is 0 Å². The van der Waals surface area contributed by atoms with Crippen molar-refractivity contribution in [2.75, 3.05) is 124 Å². The number of pyridine rings is 1. The average molecular weight is 1020 g/mol. The van der Waals surface area contributed by atoms with Gasteiger partial charge in [-0.05, 0) is 37.8 Å². The number of aliphatic carboxylic acids is 2. The highest BCUT2D eigenvalue weighted by Gasteiger charge is 2.41. The summed E-state index contributed by atoms with van der Waals surface area (Å²) in [4.78, 5) is 115. The fourth-order valence-corrected chi connectivity index (χ4v) is 7.56. The van der Waals surface area contributed by atoms with Crippen molar-refractivity contribution in [1.29, 1.82) is 0 Å². The van der Waals surface area contributed by atoms with Crippen molar-refractivity contribution in [3.05, 3.63) is 36.0 Å². The van der Waals surface area contributed by atoms with Gasteiger partial charge in [0.15, 0.2) is 5.96 Å². The number of fused-ring (bicyclic) bond motifs is 1. The molecular weight excluding hydrogens is 945 g/mol. The highest BCUT2D eigenvalue weighted by atomic mass is 16.4. The van der Waals surface area contributed by atoms with E-state index in [9.17, 15) is 63.7 Å². The van der Waals surface area contributed by atoms with Crippen LogP contribution in [0.2, 0.25) is 0 Å². The number of aliphatic imine (C=N–C) groups is 1. The lowest BCUT2D eigenvalue weighted by Crippen LogP contribution is -2.50. The number of anilines is 1. The van der Waals surface area contributed by atoms with Crippen LogP contribution in [-0.2, 0) is 33.6 Å². The van der Waals surface area contributed by atoms with Gasteiger partial charge in [-0.15, -0.1) is 0 Å². The summed E-state index contributed by atoms with van der Waals surface area (Å²) in [5.74, 6) is -5.28. The molecule has 0 aliphatic carbocycles. The van der Waals surface area contributed by atoms with Crippen molar-refractivity contribution < 1.29 is 68.8 Å². The zero-order valence-corrected chi connectivity index (χ0v) is 41.0. The molecule has 1 aromatic carbocycles. The minimum absolute atomic E-state index is 0.00407. The van der Waals surface area contributed by atoms with Crippen LogP contribution < -0.4 is 32.7 Å². The number of unbranched alkanes of at least 4 members (excludes halogenated alkanes) is 1. The van der Waals surface area contributed by atoms with Crippen LogP contribution >= 0.6 is 0 Å². The normalized spacial score (nSPS) is 17.0. The number of nitrogens with one attached hydrogen (secondary N) is 4. The Morgan fingerprint density at radius 2 is 1.39 bits per heavy atom. The number of aliphatic hydroxyl groups excluding tert-OH is 2. The zero-order valence-electron chi connectivity index (χ0n) is 41.0. The number of nitrogens with two attached hydrogens (primary N) is 2. The third-order valence-electron chi connectivity index (χ3n) is 11.1. The second kappa shape index (κ2) is 34.1.